The molecule has 0 saturated heterocycles. The number of benzene rings is 1. The minimum atomic E-state index is -2.98. The third-order valence-corrected chi connectivity index (χ3v) is 4.52. The Labute approximate surface area is 110 Å². The lowest BCUT2D eigenvalue weighted by Gasteiger charge is -2.09. The molecule has 4 nitrogen and oxygen atoms in total. The maximum absolute atomic E-state index is 11.3. The zero-order chi connectivity index (χ0) is 12.9. The van der Waals surface area contributed by atoms with Crippen molar-refractivity contribution in [2.45, 2.75) is 6.92 Å². The van der Waals surface area contributed by atoms with Crippen molar-refractivity contribution in [1.82, 2.24) is 0 Å². The van der Waals surface area contributed by atoms with Gasteiger partial charge >= 0.3 is 0 Å². The van der Waals surface area contributed by atoms with E-state index in [0.717, 1.165) is 4.47 Å². The summed E-state index contributed by atoms with van der Waals surface area (Å²) >= 11 is 3.33. The Balaban J connectivity index is 2.58. The van der Waals surface area contributed by atoms with Crippen LogP contribution in [0.2, 0.25) is 0 Å². The summed E-state index contributed by atoms with van der Waals surface area (Å²) < 4.78 is 33.7. The molecule has 0 atom stereocenters. The predicted octanol–water partition coefficient (Wildman–Crippen LogP) is 2.27. The third kappa shape index (κ3) is 4.55. The lowest BCUT2D eigenvalue weighted by molar-refractivity contribution is 0.337. The van der Waals surface area contributed by atoms with Crippen LogP contribution in [-0.2, 0) is 9.84 Å². The molecule has 0 aliphatic carbocycles. The number of sulfone groups is 1. The molecule has 0 bridgehead atoms. The highest BCUT2D eigenvalue weighted by molar-refractivity contribution is 9.10. The summed E-state index contributed by atoms with van der Waals surface area (Å²) in [4.78, 5) is 0. The molecule has 0 fully saturated rings. The van der Waals surface area contributed by atoms with E-state index in [2.05, 4.69) is 15.9 Å². The molecule has 0 unspecified atom stereocenters. The highest BCUT2D eigenvalue weighted by Crippen LogP contribution is 2.28. The molecule has 0 spiro atoms. The molecule has 1 rings (SSSR count). The zero-order valence-corrected chi connectivity index (χ0v) is 12.2. The number of ether oxygens (including phenoxy) is 2. The Morgan fingerprint density at radius 3 is 2.59 bits per heavy atom. The fraction of sp³-hybridized carbons (Fsp3) is 0.455. The summed E-state index contributed by atoms with van der Waals surface area (Å²) in [5.41, 5.74) is 0. The number of hydrogen-bond donors (Lipinski definition) is 0. The lowest BCUT2D eigenvalue weighted by atomic mass is 10.3. The van der Waals surface area contributed by atoms with Crippen molar-refractivity contribution in [3.63, 3.8) is 0 Å². The van der Waals surface area contributed by atoms with E-state index in [0.29, 0.717) is 11.5 Å². The summed E-state index contributed by atoms with van der Waals surface area (Å²) in [5.74, 6) is 1.49. The maximum atomic E-state index is 11.3. The van der Waals surface area contributed by atoms with Gasteiger partial charge < -0.3 is 9.47 Å². The van der Waals surface area contributed by atoms with Crippen molar-refractivity contribution in [2.24, 2.45) is 0 Å². The van der Waals surface area contributed by atoms with Crippen molar-refractivity contribution in [3.05, 3.63) is 22.7 Å². The molecule has 6 heteroatoms. The van der Waals surface area contributed by atoms with E-state index in [1.165, 1.54) is 0 Å². The number of hydrogen-bond acceptors (Lipinski definition) is 4. The van der Waals surface area contributed by atoms with Crippen molar-refractivity contribution in [2.75, 3.05) is 25.2 Å². The average Bonchev–Trinajstić information content (AvgIpc) is 2.31. The topological polar surface area (TPSA) is 52.6 Å². The SMILES string of the molecule is CCS(=O)(=O)CCOc1ccc(OC)cc1Br. The monoisotopic (exact) mass is 322 g/mol. The highest BCUT2D eigenvalue weighted by Gasteiger charge is 2.08. The summed E-state index contributed by atoms with van der Waals surface area (Å²) in [6.07, 6.45) is 0. The minimum Gasteiger partial charge on any atom is -0.497 e. The van der Waals surface area contributed by atoms with E-state index in [4.69, 9.17) is 9.47 Å². The molecule has 0 aliphatic heterocycles. The van der Waals surface area contributed by atoms with Gasteiger partial charge in [-0.25, -0.2) is 8.42 Å². The largest absolute Gasteiger partial charge is 0.497 e. The van der Waals surface area contributed by atoms with E-state index < -0.39 is 9.84 Å². The summed E-state index contributed by atoms with van der Waals surface area (Å²) in [6.45, 7) is 1.78. The van der Waals surface area contributed by atoms with Crippen LogP contribution in [0.3, 0.4) is 0 Å². The van der Waals surface area contributed by atoms with Crippen LogP contribution < -0.4 is 9.47 Å². The highest BCUT2D eigenvalue weighted by atomic mass is 79.9. The first-order valence-corrected chi connectivity index (χ1v) is 7.76. The molecule has 17 heavy (non-hydrogen) atoms. The number of methoxy groups -OCH3 is 1. The number of halogens is 1. The van der Waals surface area contributed by atoms with Gasteiger partial charge in [-0.2, -0.15) is 0 Å². The van der Waals surface area contributed by atoms with Crippen LogP contribution in [0.4, 0.5) is 0 Å². The molecule has 0 amide bonds. The Morgan fingerprint density at radius 1 is 1.35 bits per heavy atom. The van der Waals surface area contributed by atoms with Crippen LogP contribution in [-0.4, -0.2) is 33.6 Å². The normalized spacial score (nSPS) is 11.2. The standard InChI is InChI=1S/C11H15BrO4S/c1-3-17(13,14)7-6-16-11-5-4-9(15-2)8-10(11)12/h4-5,8H,3,6-7H2,1-2H3. The molecule has 0 aromatic heterocycles. The fourth-order valence-corrected chi connectivity index (χ4v) is 2.25. The fourth-order valence-electron chi connectivity index (χ4n) is 1.15. The van der Waals surface area contributed by atoms with Gasteiger partial charge in [-0.1, -0.05) is 6.92 Å². The second kappa shape index (κ2) is 6.26. The van der Waals surface area contributed by atoms with Crippen LogP contribution in [0.25, 0.3) is 0 Å². The molecular weight excluding hydrogens is 308 g/mol. The van der Waals surface area contributed by atoms with Crippen LogP contribution in [0.15, 0.2) is 22.7 Å². The summed E-state index contributed by atoms with van der Waals surface area (Å²) in [5, 5.41) is 0. The minimum absolute atomic E-state index is 0.0297. The van der Waals surface area contributed by atoms with Crippen LogP contribution in [0.1, 0.15) is 6.92 Å². The van der Waals surface area contributed by atoms with Gasteiger partial charge in [0.15, 0.2) is 9.84 Å². The number of rotatable bonds is 6. The van der Waals surface area contributed by atoms with Gasteiger partial charge in [-0.05, 0) is 34.1 Å². The van der Waals surface area contributed by atoms with E-state index in [1.807, 2.05) is 0 Å². The molecule has 96 valence electrons. The van der Waals surface area contributed by atoms with Gasteiger partial charge in [0.2, 0.25) is 0 Å². The van der Waals surface area contributed by atoms with E-state index in [1.54, 1.807) is 32.2 Å². The molecule has 0 N–H and O–H groups in total. The quantitative estimate of drug-likeness (QED) is 0.806. The van der Waals surface area contributed by atoms with Gasteiger partial charge in [0.1, 0.15) is 18.1 Å². The lowest BCUT2D eigenvalue weighted by Crippen LogP contribution is -2.15. The zero-order valence-electron chi connectivity index (χ0n) is 9.77. The first-order chi connectivity index (χ1) is 7.98. The van der Waals surface area contributed by atoms with Gasteiger partial charge in [-0.15, -0.1) is 0 Å². The average molecular weight is 323 g/mol. The van der Waals surface area contributed by atoms with Crippen molar-refractivity contribution >= 4 is 25.8 Å². The molecule has 1 aromatic rings. The van der Waals surface area contributed by atoms with Gasteiger partial charge in [0, 0.05) is 5.75 Å². The second-order valence-corrected chi connectivity index (χ2v) is 6.71. The van der Waals surface area contributed by atoms with E-state index >= 15 is 0 Å². The predicted molar refractivity (Wildman–Crippen MR) is 70.5 cm³/mol. The first kappa shape index (κ1) is 14.3. The Bertz CT molecular complexity index is 470. The van der Waals surface area contributed by atoms with Crippen LogP contribution in [0.5, 0.6) is 11.5 Å². The second-order valence-electron chi connectivity index (χ2n) is 3.38. The van der Waals surface area contributed by atoms with Gasteiger partial charge in [0.25, 0.3) is 0 Å². The van der Waals surface area contributed by atoms with Crippen molar-refractivity contribution in [1.29, 1.82) is 0 Å². The maximum Gasteiger partial charge on any atom is 0.153 e. The van der Waals surface area contributed by atoms with E-state index in [9.17, 15) is 8.42 Å². The Morgan fingerprint density at radius 2 is 2.06 bits per heavy atom. The summed E-state index contributed by atoms with van der Waals surface area (Å²) in [7, 11) is -1.40. The molecular formula is C11H15BrO4S. The van der Waals surface area contributed by atoms with Crippen LogP contribution in [0, 0.1) is 0 Å². The van der Waals surface area contributed by atoms with Gasteiger partial charge in [-0.3, -0.25) is 0 Å². The third-order valence-electron chi connectivity index (χ3n) is 2.23. The molecule has 0 radical (unpaired) electrons. The molecule has 1 aromatic carbocycles. The molecule has 0 heterocycles. The molecule has 0 saturated carbocycles. The van der Waals surface area contributed by atoms with Crippen molar-refractivity contribution < 1.29 is 17.9 Å². The summed E-state index contributed by atoms with van der Waals surface area (Å²) in [6, 6.07) is 5.26. The molecule has 0 aliphatic rings. The van der Waals surface area contributed by atoms with Crippen LogP contribution >= 0.6 is 15.9 Å². The first-order valence-electron chi connectivity index (χ1n) is 5.15. The Hall–Kier alpha value is -0.750. The van der Waals surface area contributed by atoms with Gasteiger partial charge in [0.05, 0.1) is 17.3 Å². The van der Waals surface area contributed by atoms with E-state index in [-0.39, 0.29) is 18.1 Å². The van der Waals surface area contributed by atoms with Crippen molar-refractivity contribution in [3.8, 4) is 11.5 Å². The smallest absolute Gasteiger partial charge is 0.153 e. The Kier molecular flexibility index (Phi) is 5.27.